The maximum Gasteiger partial charge on any atom is 0.306 e. The molecule has 0 aliphatic heterocycles. The number of benzene rings is 1. The van der Waals surface area contributed by atoms with Gasteiger partial charge in [-0.1, -0.05) is 0 Å². The first kappa shape index (κ1) is 16.4. The summed E-state index contributed by atoms with van der Waals surface area (Å²) < 4.78 is 44.8. The average Bonchev–Trinajstić information content (AvgIpc) is 2.33. The zero-order valence-corrected chi connectivity index (χ0v) is 12.3. The fourth-order valence-electron chi connectivity index (χ4n) is 1.49. The van der Waals surface area contributed by atoms with E-state index in [-0.39, 0.29) is 18.7 Å². The molecule has 0 bridgehead atoms. The molecule has 0 spiro atoms. The van der Waals surface area contributed by atoms with Gasteiger partial charge in [-0.3, -0.25) is 9.52 Å². The highest BCUT2D eigenvalue weighted by atomic mass is 32.2. The third-order valence-corrected chi connectivity index (χ3v) is 4.05. The number of hydrogen-bond donors (Lipinski definition) is 1. The first-order valence-electron chi connectivity index (χ1n) is 5.82. The highest BCUT2D eigenvalue weighted by molar-refractivity contribution is 7.90. The normalized spacial score (nSPS) is 11.4. The molecule has 0 atom stereocenters. The molecule has 0 saturated heterocycles. The third-order valence-electron chi connectivity index (χ3n) is 2.56. The van der Waals surface area contributed by atoms with Crippen molar-refractivity contribution in [1.82, 2.24) is 4.31 Å². The highest BCUT2D eigenvalue weighted by Gasteiger charge is 2.19. The van der Waals surface area contributed by atoms with Crippen LogP contribution >= 0.6 is 0 Å². The van der Waals surface area contributed by atoms with E-state index in [1.807, 2.05) is 0 Å². The van der Waals surface area contributed by atoms with Gasteiger partial charge in [0.1, 0.15) is 5.82 Å². The Labute approximate surface area is 117 Å². The van der Waals surface area contributed by atoms with Crippen LogP contribution in [0.3, 0.4) is 0 Å². The molecule has 0 aliphatic rings. The number of esters is 1. The van der Waals surface area contributed by atoms with Gasteiger partial charge < -0.3 is 4.74 Å². The van der Waals surface area contributed by atoms with Crippen molar-refractivity contribution in [2.45, 2.75) is 13.3 Å². The van der Waals surface area contributed by atoms with Crippen molar-refractivity contribution in [3.8, 4) is 0 Å². The summed E-state index contributed by atoms with van der Waals surface area (Å²) in [6.07, 6.45) is -0.0594. The van der Waals surface area contributed by atoms with E-state index >= 15 is 0 Å². The number of methoxy groups -OCH3 is 1. The second kappa shape index (κ2) is 6.67. The van der Waals surface area contributed by atoms with Gasteiger partial charge in [0.25, 0.3) is 0 Å². The van der Waals surface area contributed by atoms with Gasteiger partial charge >= 0.3 is 16.2 Å². The van der Waals surface area contributed by atoms with Crippen molar-refractivity contribution in [2.75, 3.05) is 25.4 Å². The van der Waals surface area contributed by atoms with E-state index in [4.69, 9.17) is 0 Å². The molecule has 20 heavy (non-hydrogen) atoms. The smallest absolute Gasteiger partial charge is 0.306 e. The zero-order valence-electron chi connectivity index (χ0n) is 11.5. The van der Waals surface area contributed by atoms with Crippen LogP contribution in [0.15, 0.2) is 18.2 Å². The predicted octanol–water partition coefficient (Wildman–Crippen LogP) is 1.29. The van der Waals surface area contributed by atoms with E-state index in [0.717, 1.165) is 10.4 Å². The molecule has 0 saturated carbocycles. The number of anilines is 1. The number of nitrogens with one attached hydrogen (secondary N) is 1. The molecule has 0 heterocycles. The van der Waals surface area contributed by atoms with Crippen LogP contribution in [-0.2, 0) is 19.7 Å². The minimum atomic E-state index is -3.84. The van der Waals surface area contributed by atoms with Crippen LogP contribution in [-0.4, -0.2) is 39.4 Å². The van der Waals surface area contributed by atoms with E-state index in [1.165, 1.54) is 26.3 Å². The lowest BCUT2D eigenvalue weighted by Crippen LogP contribution is -2.34. The molecule has 1 aromatic carbocycles. The molecule has 0 amide bonds. The van der Waals surface area contributed by atoms with E-state index in [2.05, 4.69) is 9.46 Å². The van der Waals surface area contributed by atoms with Gasteiger partial charge in [-0.25, -0.2) is 4.39 Å². The minimum Gasteiger partial charge on any atom is -0.469 e. The van der Waals surface area contributed by atoms with Crippen LogP contribution in [0.2, 0.25) is 0 Å². The zero-order chi connectivity index (χ0) is 15.3. The lowest BCUT2D eigenvalue weighted by Gasteiger charge is -2.18. The summed E-state index contributed by atoms with van der Waals surface area (Å²) in [5.41, 5.74) is 0.729. The van der Waals surface area contributed by atoms with Gasteiger partial charge in [0.05, 0.1) is 19.2 Å². The van der Waals surface area contributed by atoms with Crippen LogP contribution in [0.1, 0.15) is 12.0 Å². The maximum atomic E-state index is 13.2. The van der Waals surface area contributed by atoms with Gasteiger partial charge in [-0.05, 0) is 30.7 Å². The minimum absolute atomic E-state index is 0.0314. The van der Waals surface area contributed by atoms with E-state index in [1.54, 1.807) is 6.92 Å². The highest BCUT2D eigenvalue weighted by Crippen LogP contribution is 2.15. The Morgan fingerprint density at radius 1 is 1.40 bits per heavy atom. The van der Waals surface area contributed by atoms with Crippen LogP contribution in [0.5, 0.6) is 0 Å². The lowest BCUT2D eigenvalue weighted by molar-refractivity contribution is -0.140. The van der Waals surface area contributed by atoms with Crippen molar-refractivity contribution in [1.29, 1.82) is 0 Å². The second-order valence-corrected chi connectivity index (χ2v) is 6.05. The van der Waals surface area contributed by atoms with Gasteiger partial charge in [-0.15, -0.1) is 0 Å². The quantitative estimate of drug-likeness (QED) is 0.803. The second-order valence-electron chi connectivity index (χ2n) is 4.27. The van der Waals surface area contributed by atoms with Gasteiger partial charge in [0, 0.05) is 13.6 Å². The van der Waals surface area contributed by atoms with Gasteiger partial charge in [0.15, 0.2) is 0 Å². The fraction of sp³-hybridized carbons (Fsp3) is 0.417. The summed E-state index contributed by atoms with van der Waals surface area (Å²) >= 11 is 0. The monoisotopic (exact) mass is 304 g/mol. The summed E-state index contributed by atoms with van der Waals surface area (Å²) in [6.45, 7) is 1.62. The van der Waals surface area contributed by atoms with Crippen molar-refractivity contribution in [2.24, 2.45) is 0 Å². The number of carbonyl (C=O) groups excluding carboxylic acids is 1. The summed E-state index contributed by atoms with van der Waals surface area (Å²) in [6, 6.07) is 3.88. The van der Waals surface area contributed by atoms with Gasteiger partial charge in [0.2, 0.25) is 0 Å². The van der Waals surface area contributed by atoms with E-state index < -0.39 is 22.0 Å². The Balaban J connectivity index is 2.75. The van der Waals surface area contributed by atoms with Crippen LogP contribution < -0.4 is 4.72 Å². The van der Waals surface area contributed by atoms with Crippen LogP contribution in [0.25, 0.3) is 0 Å². The largest absolute Gasteiger partial charge is 0.469 e. The van der Waals surface area contributed by atoms with Crippen molar-refractivity contribution in [3.05, 3.63) is 29.6 Å². The summed E-state index contributed by atoms with van der Waals surface area (Å²) in [5.74, 6) is -1.03. The Hall–Kier alpha value is -1.67. The molecule has 1 rings (SSSR count). The molecule has 1 N–H and O–H groups in total. The topological polar surface area (TPSA) is 75.7 Å². The molecule has 0 aliphatic carbocycles. The summed E-state index contributed by atoms with van der Waals surface area (Å²) in [5, 5.41) is 0. The molecular weight excluding hydrogens is 287 g/mol. The standard InChI is InChI=1S/C12H17FN2O4S/c1-9-6-10(13)8-11(7-9)14-20(17,18)15(2)5-4-12(16)19-3/h6-8,14H,4-5H2,1-3H3. The Morgan fingerprint density at radius 2 is 2.05 bits per heavy atom. The molecule has 0 fully saturated rings. The van der Waals surface area contributed by atoms with E-state index in [0.29, 0.717) is 5.56 Å². The van der Waals surface area contributed by atoms with Crippen molar-refractivity contribution < 1.29 is 22.3 Å². The Bertz CT molecular complexity index is 569. The van der Waals surface area contributed by atoms with Crippen molar-refractivity contribution in [3.63, 3.8) is 0 Å². The summed E-state index contributed by atoms with van der Waals surface area (Å²) in [4.78, 5) is 11.0. The number of rotatable bonds is 6. The SMILES string of the molecule is COC(=O)CCN(C)S(=O)(=O)Nc1cc(C)cc(F)c1. The molecule has 6 nitrogen and oxygen atoms in total. The number of carbonyl (C=O) groups is 1. The molecule has 0 radical (unpaired) electrons. The molecular formula is C12H17FN2O4S. The fourth-order valence-corrected chi connectivity index (χ4v) is 2.40. The number of hydrogen-bond acceptors (Lipinski definition) is 4. The van der Waals surface area contributed by atoms with E-state index in [9.17, 15) is 17.6 Å². The average molecular weight is 304 g/mol. The number of halogens is 1. The molecule has 0 unspecified atom stereocenters. The molecule has 0 aromatic heterocycles. The van der Waals surface area contributed by atoms with Gasteiger partial charge in [-0.2, -0.15) is 12.7 Å². The molecule has 8 heteroatoms. The van der Waals surface area contributed by atoms with Crippen LogP contribution in [0, 0.1) is 12.7 Å². The Morgan fingerprint density at radius 3 is 2.60 bits per heavy atom. The first-order valence-corrected chi connectivity index (χ1v) is 7.26. The Kier molecular flexibility index (Phi) is 5.46. The number of aryl methyl sites for hydroxylation is 1. The number of ether oxygens (including phenoxy) is 1. The third kappa shape index (κ3) is 4.78. The van der Waals surface area contributed by atoms with Crippen LogP contribution in [0.4, 0.5) is 10.1 Å². The first-order chi connectivity index (χ1) is 9.24. The lowest BCUT2D eigenvalue weighted by atomic mass is 10.2. The van der Waals surface area contributed by atoms with Crippen molar-refractivity contribution >= 4 is 21.9 Å². The molecule has 1 aromatic rings. The number of nitrogens with zero attached hydrogens (tertiary/aromatic N) is 1. The predicted molar refractivity (Wildman–Crippen MR) is 72.9 cm³/mol. The summed E-state index contributed by atoms with van der Waals surface area (Å²) in [7, 11) is -1.30. The maximum absolute atomic E-state index is 13.2. The molecule has 112 valence electrons.